The molecule has 234 valence electrons. The second-order valence-corrected chi connectivity index (χ2v) is 14.3. The SMILES string of the molecule is C#CCN(C(Cc1ccc(OS(=O)(=O)c2ccccc2)c(OS(=O)(=O)c2ccccc2)c1)C(=O)OC)S(=O)(=O)c1ccccc1. The lowest BCUT2D eigenvalue weighted by atomic mass is 10.1. The van der Waals surface area contributed by atoms with Crippen LogP contribution in [-0.2, 0) is 46.2 Å². The summed E-state index contributed by atoms with van der Waals surface area (Å²) in [6.45, 7) is -0.501. The Labute approximate surface area is 262 Å². The average molecular weight is 670 g/mol. The summed E-state index contributed by atoms with van der Waals surface area (Å²) in [5.74, 6) is 0.289. The molecule has 4 aromatic carbocycles. The van der Waals surface area contributed by atoms with Crippen molar-refractivity contribution >= 4 is 36.2 Å². The molecule has 0 saturated carbocycles. The van der Waals surface area contributed by atoms with Crippen molar-refractivity contribution in [2.24, 2.45) is 0 Å². The van der Waals surface area contributed by atoms with E-state index in [4.69, 9.17) is 19.5 Å². The first-order valence-electron chi connectivity index (χ1n) is 13.1. The van der Waals surface area contributed by atoms with Crippen LogP contribution in [0.2, 0.25) is 0 Å². The topological polar surface area (TPSA) is 150 Å². The standard InChI is InChI=1S/C31H27NO10S3/c1-3-21-32(43(34,35)25-13-7-4-8-14-25)28(31(33)40-2)22-24-19-20-29(41-44(36,37)26-15-9-5-10-16-26)30(23-24)42-45(38,39)27-17-11-6-12-18-27/h1,4-20,23,28H,21-22H2,2H3. The van der Waals surface area contributed by atoms with Gasteiger partial charge in [0.05, 0.1) is 18.6 Å². The van der Waals surface area contributed by atoms with Gasteiger partial charge in [-0.25, -0.2) is 8.42 Å². The fourth-order valence-corrected chi connectivity index (χ4v) is 7.59. The molecule has 0 radical (unpaired) electrons. The highest BCUT2D eigenvalue weighted by Gasteiger charge is 2.37. The molecule has 1 atom stereocenters. The quantitative estimate of drug-likeness (QED) is 0.117. The molecular formula is C31H27NO10S3. The summed E-state index contributed by atoms with van der Waals surface area (Å²) in [5, 5.41) is 0. The van der Waals surface area contributed by atoms with E-state index >= 15 is 0 Å². The third kappa shape index (κ3) is 7.89. The maximum absolute atomic E-state index is 13.6. The van der Waals surface area contributed by atoms with E-state index < -0.39 is 60.3 Å². The van der Waals surface area contributed by atoms with Gasteiger partial charge in [0, 0.05) is 0 Å². The molecule has 0 fully saturated rings. The van der Waals surface area contributed by atoms with E-state index in [-0.39, 0.29) is 26.7 Å². The van der Waals surface area contributed by atoms with Gasteiger partial charge in [-0.1, -0.05) is 66.6 Å². The number of benzene rings is 4. The van der Waals surface area contributed by atoms with Crippen molar-refractivity contribution in [2.75, 3.05) is 13.7 Å². The molecule has 14 heteroatoms. The van der Waals surface area contributed by atoms with Crippen molar-refractivity contribution in [2.45, 2.75) is 27.1 Å². The maximum Gasteiger partial charge on any atom is 0.339 e. The highest BCUT2D eigenvalue weighted by atomic mass is 32.2. The average Bonchev–Trinajstić information content (AvgIpc) is 3.04. The van der Waals surface area contributed by atoms with Gasteiger partial charge >= 0.3 is 26.2 Å². The molecule has 0 spiro atoms. The summed E-state index contributed by atoms with van der Waals surface area (Å²) in [4.78, 5) is 12.4. The Bertz CT molecular complexity index is 2010. The number of esters is 1. The zero-order valence-corrected chi connectivity index (χ0v) is 26.2. The molecule has 45 heavy (non-hydrogen) atoms. The smallest absolute Gasteiger partial charge is 0.339 e. The second-order valence-electron chi connectivity index (χ2n) is 9.29. The van der Waals surface area contributed by atoms with Crippen molar-refractivity contribution < 1.29 is 43.2 Å². The first kappa shape index (κ1) is 33.2. The van der Waals surface area contributed by atoms with E-state index in [0.29, 0.717) is 0 Å². The molecule has 11 nitrogen and oxygen atoms in total. The number of nitrogens with zero attached hydrogens (tertiary/aromatic N) is 1. The minimum Gasteiger partial charge on any atom is -0.468 e. The van der Waals surface area contributed by atoms with Crippen LogP contribution in [0.5, 0.6) is 11.5 Å². The first-order chi connectivity index (χ1) is 21.4. The minimum absolute atomic E-state index is 0.123. The molecular weight excluding hydrogens is 643 g/mol. The summed E-state index contributed by atoms with van der Waals surface area (Å²) in [7, 11) is -12.2. The van der Waals surface area contributed by atoms with Crippen molar-refractivity contribution in [1.29, 1.82) is 0 Å². The molecule has 0 aliphatic heterocycles. The minimum atomic E-state index is -4.51. The first-order valence-corrected chi connectivity index (χ1v) is 17.3. The van der Waals surface area contributed by atoms with Gasteiger partial charge in [-0.3, -0.25) is 4.79 Å². The van der Waals surface area contributed by atoms with E-state index in [1.807, 2.05) is 0 Å². The fourth-order valence-electron chi connectivity index (χ4n) is 4.16. The maximum atomic E-state index is 13.6. The number of hydrogen-bond donors (Lipinski definition) is 0. The van der Waals surface area contributed by atoms with Gasteiger partial charge in [0.1, 0.15) is 15.8 Å². The Morgan fingerprint density at radius 1 is 0.711 bits per heavy atom. The van der Waals surface area contributed by atoms with Crippen LogP contribution in [0.15, 0.2) is 124 Å². The van der Waals surface area contributed by atoms with Crippen LogP contribution in [-0.4, -0.2) is 55.2 Å². The van der Waals surface area contributed by atoms with Crippen LogP contribution < -0.4 is 8.37 Å². The summed E-state index contributed by atoms with van der Waals surface area (Å²) in [5.41, 5.74) is 0.165. The van der Waals surface area contributed by atoms with E-state index in [2.05, 4.69) is 5.92 Å². The fraction of sp³-hybridized carbons (Fsp3) is 0.129. The lowest BCUT2D eigenvalue weighted by Crippen LogP contribution is -2.47. The molecule has 1 unspecified atom stereocenters. The van der Waals surface area contributed by atoms with Gasteiger partial charge in [-0.15, -0.1) is 6.42 Å². The normalized spacial score (nSPS) is 12.6. The van der Waals surface area contributed by atoms with Crippen molar-refractivity contribution in [3.05, 3.63) is 115 Å². The van der Waals surface area contributed by atoms with Gasteiger partial charge in [-0.05, 0) is 60.5 Å². The zero-order chi connectivity index (χ0) is 32.7. The number of terminal acetylenes is 1. The molecule has 0 heterocycles. The zero-order valence-electron chi connectivity index (χ0n) is 23.7. The van der Waals surface area contributed by atoms with Crippen molar-refractivity contribution in [1.82, 2.24) is 4.31 Å². The number of ether oxygens (including phenoxy) is 1. The van der Waals surface area contributed by atoms with Crippen LogP contribution in [0, 0.1) is 12.3 Å². The van der Waals surface area contributed by atoms with Gasteiger partial charge in [0.25, 0.3) is 0 Å². The molecule has 0 aliphatic carbocycles. The predicted octanol–water partition coefficient (Wildman–Crippen LogP) is 3.63. The van der Waals surface area contributed by atoms with Crippen LogP contribution in [0.3, 0.4) is 0 Å². The number of methoxy groups -OCH3 is 1. The van der Waals surface area contributed by atoms with Crippen LogP contribution in [0.1, 0.15) is 5.56 Å². The Kier molecular flexibility index (Phi) is 10.3. The van der Waals surface area contributed by atoms with E-state index in [9.17, 15) is 30.0 Å². The summed E-state index contributed by atoms with van der Waals surface area (Å²) in [6, 6.07) is 23.7. The molecule has 0 aromatic heterocycles. The lowest BCUT2D eigenvalue weighted by molar-refractivity contribution is -0.145. The summed E-state index contributed by atoms with van der Waals surface area (Å²) < 4.78 is 95.8. The Morgan fingerprint density at radius 3 is 1.64 bits per heavy atom. The Balaban J connectivity index is 1.79. The van der Waals surface area contributed by atoms with Crippen LogP contribution in [0.4, 0.5) is 0 Å². The Hall–Kier alpha value is -4.68. The number of hydrogen-bond acceptors (Lipinski definition) is 10. The van der Waals surface area contributed by atoms with E-state index in [1.54, 1.807) is 18.2 Å². The Morgan fingerprint density at radius 2 is 1.18 bits per heavy atom. The highest BCUT2D eigenvalue weighted by Crippen LogP contribution is 2.34. The largest absolute Gasteiger partial charge is 0.468 e. The van der Waals surface area contributed by atoms with Crippen LogP contribution in [0.25, 0.3) is 0 Å². The third-order valence-corrected chi connectivity index (χ3v) is 10.7. The molecule has 0 N–H and O–H groups in total. The van der Waals surface area contributed by atoms with Crippen LogP contribution >= 0.6 is 0 Å². The third-order valence-electron chi connectivity index (χ3n) is 6.32. The van der Waals surface area contributed by atoms with Gasteiger partial charge in [-0.2, -0.15) is 21.1 Å². The van der Waals surface area contributed by atoms with E-state index in [1.165, 1.54) is 78.9 Å². The highest BCUT2D eigenvalue weighted by molar-refractivity contribution is 7.89. The number of carbonyl (C=O) groups excluding carboxylic acids is 1. The number of carbonyl (C=O) groups is 1. The van der Waals surface area contributed by atoms with Crippen molar-refractivity contribution in [3.63, 3.8) is 0 Å². The lowest BCUT2D eigenvalue weighted by Gasteiger charge is -2.28. The summed E-state index contributed by atoms with van der Waals surface area (Å²) >= 11 is 0. The molecule has 0 bridgehead atoms. The van der Waals surface area contributed by atoms with Gasteiger partial charge < -0.3 is 13.1 Å². The predicted molar refractivity (Wildman–Crippen MR) is 164 cm³/mol. The molecule has 0 aliphatic rings. The molecule has 4 rings (SSSR count). The second kappa shape index (κ2) is 14.0. The van der Waals surface area contributed by atoms with Gasteiger partial charge in [0.15, 0.2) is 11.5 Å². The monoisotopic (exact) mass is 669 g/mol. The molecule has 0 amide bonds. The summed E-state index contributed by atoms with van der Waals surface area (Å²) in [6.07, 6.45) is 5.12. The van der Waals surface area contributed by atoms with Gasteiger partial charge in [0.2, 0.25) is 10.0 Å². The van der Waals surface area contributed by atoms with E-state index in [0.717, 1.165) is 23.5 Å². The number of sulfonamides is 1. The van der Waals surface area contributed by atoms with Crippen molar-refractivity contribution in [3.8, 4) is 23.8 Å². The number of rotatable bonds is 13. The molecule has 0 saturated heterocycles. The molecule has 4 aromatic rings.